The van der Waals surface area contributed by atoms with Gasteiger partial charge in [0.2, 0.25) is 0 Å². The Bertz CT molecular complexity index is 633. The number of hydrogen-bond acceptors (Lipinski definition) is 3. The fraction of sp³-hybridized carbons (Fsp3) is 0.357. The second-order valence-corrected chi connectivity index (χ2v) is 5.13. The van der Waals surface area contributed by atoms with Crippen molar-refractivity contribution < 1.29 is 14.7 Å². The Balaban J connectivity index is 2.22. The molecule has 3 N–H and O–H groups in total. The van der Waals surface area contributed by atoms with Gasteiger partial charge in [0.05, 0.1) is 17.3 Å². The monoisotopic (exact) mass is 275 g/mol. The zero-order valence-corrected chi connectivity index (χ0v) is 11.4. The molecule has 0 saturated heterocycles. The number of aromatic nitrogens is 2. The number of amides is 1. The largest absolute Gasteiger partial charge is 0.480 e. The molecule has 2 aromatic rings. The second-order valence-electron chi connectivity index (χ2n) is 5.13. The van der Waals surface area contributed by atoms with Gasteiger partial charge in [-0.2, -0.15) is 5.10 Å². The molecular formula is C14H17N3O3. The summed E-state index contributed by atoms with van der Waals surface area (Å²) < 4.78 is 0. The molecule has 1 heterocycles. The van der Waals surface area contributed by atoms with Gasteiger partial charge in [-0.25, -0.2) is 4.79 Å². The van der Waals surface area contributed by atoms with Gasteiger partial charge in [-0.1, -0.05) is 26.0 Å². The quantitative estimate of drug-likeness (QED) is 0.775. The molecule has 0 radical (unpaired) electrons. The summed E-state index contributed by atoms with van der Waals surface area (Å²) in [5, 5.41) is 19.2. The molecule has 2 rings (SSSR count). The summed E-state index contributed by atoms with van der Waals surface area (Å²) in [5.74, 6) is -1.25. The minimum atomic E-state index is -1.02. The van der Waals surface area contributed by atoms with Gasteiger partial charge in [-0.15, -0.1) is 0 Å². The molecule has 1 unspecified atom stereocenters. The lowest BCUT2D eigenvalue weighted by Gasteiger charge is -2.16. The Labute approximate surface area is 116 Å². The second kappa shape index (κ2) is 5.73. The number of benzene rings is 1. The molecule has 0 saturated carbocycles. The van der Waals surface area contributed by atoms with Crippen molar-refractivity contribution in [1.82, 2.24) is 15.5 Å². The fourth-order valence-electron chi connectivity index (χ4n) is 2.09. The van der Waals surface area contributed by atoms with E-state index in [1.165, 1.54) is 0 Å². The van der Waals surface area contributed by atoms with Crippen LogP contribution in [0.3, 0.4) is 0 Å². The first kappa shape index (κ1) is 14.0. The highest BCUT2D eigenvalue weighted by atomic mass is 16.4. The van der Waals surface area contributed by atoms with Crippen LogP contribution in [0.15, 0.2) is 24.4 Å². The minimum Gasteiger partial charge on any atom is -0.480 e. The third kappa shape index (κ3) is 2.96. The van der Waals surface area contributed by atoms with E-state index in [9.17, 15) is 9.59 Å². The Kier molecular flexibility index (Phi) is 4.02. The molecule has 6 nitrogen and oxygen atoms in total. The summed E-state index contributed by atoms with van der Waals surface area (Å²) in [5.41, 5.74) is 1.01. The van der Waals surface area contributed by atoms with Gasteiger partial charge < -0.3 is 10.4 Å². The molecule has 0 bridgehead atoms. The van der Waals surface area contributed by atoms with Crippen LogP contribution in [0.1, 0.15) is 30.6 Å². The third-order valence-corrected chi connectivity index (χ3v) is 3.03. The number of H-pyrrole nitrogens is 1. The molecule has 1 aromatic heterocycles. The maximum atomic E-state index is 12.2. The van der Waals surface area contributed by atoms with Crippen molar-refractivity contribution in [2.24, 2.45) is 5.92 Å². The van der Waals surface area contributed by atoms with Crippen LogP contribution in [-0.2, 0) is 4.79 Å². The number of hydrogen-bond donors (Lipinski definition) is 3. The smallest absolute Gasteiger partial charge is 0.326 e. The number of nitrogens with zero attached hydrogens (tertiary/aromatic N) is 1. The first-order valence-electron chi connectivity index (χ1n) is 6.44. The average molecular weight is 275 g/mol. The Hall–Kier alpha value is -2.37. The number of carboxylic acid groups (broad SMARTS) is 1. The predicted molar refractivity (Wildman–Crippen MR) is 74.4 cm³/mol. The van der Waals surface area contributed by atoms with Crippen molar-refractivity contribution in [3.05, 3.63) is 30.0 Å². The van der Waals surface area contributed by atoms with Crippen molar-refractivity contribution in [1.29, 1.82) is 0 Å². The highest BCUT2D eigenvalue weighted by Crippen LogP contribution is 2.16. The van der Waals surface area contributed by atoms with Crippen molar-refractivity contribution in [2.75, 3.05) is 0 Å². The summed E-state index contributed by atoms with van der Waals surface area (Å²) in [6, 6.07) is 4.33. The SMILES string of the molecule is CC(C)CC(NC(=O)c1cccc2cn[nH]c12)C(=O)O. The van der Waals surface area contributed by atoms with Gasteiger partial charge in [0.1, 0.15) is 6.04 Å². The molecule has 0 spiro atoms. The third-order valence-electron chi connectivity index (χ3n) is 3.03. The summed E-state index contributed by atoms with van der Waals surface area (Å²) in [6.45, 7) is 3.83. The van der Waals surface area contributed by atoms with Gasteiger partial charge in [0, 0.05) is 5.39 Å². The van der Waals surface area contributed by atoms with Crippen LogP contribution in [0.25, 0.3) is 10.9 Å². The van der Waals surface area contributed by atoms with E-state index in [4.69, 9.17) is 5.11 Å². The highest BCUT2D eigenvalue weighted by Gasteiger charge is 2.22. The first-order chi connectivity index (χ1) is 9.49. The van der Waals surface area contributed by atoms with Crippen molar-refractivity contribution in [2.45, 2.75) is 26.3 Å². The maximum absolute atomic E-state index is 12.2. The lowest BCUT2D eigenvalue weighted by molar-refractivity contribution is -0.139. The molecule has 0 fully saturated rings. The topological polar surface area (TPSA) is 95.1 Å². The van der Waals surface area contributed by atoms with E-state index in [1.807, 2.05) is 19.9 Å². The van der Waals surface area contributed by atoms with Crippen LogP contribution in [0.4, 0.5) is 0 Å². The summed E-state index contributed by atoms with van der Waals surface area (Å²) in [7, 11) is 0. The number of rotatable bonds is 5. The zero-order chi connectivity index (χ0) is 14.7. The lowest BCUT2D eigenvalue weighted by Crippen LogP contribution is -2.41. The van der Waals surface area contributed by atoms with E-state index in [2.05, 4.69) is 15.5 Å². The molecule has 1 amide bonds. The lowest BCUT2D eigenvalue weighted by atomic mass is 10.0. The first-order valence-corrected chi connectivity index (χ1v) is 6.44. The summed E-state index contributed by atoms with van der Waals surface area (Å²) >= 11 is 0. The number of fused-ring (bicyclic) bond motifs is 1. The van der Waals surface area contributed by atoms with Crippen molar-refractivity contribution >= 4 is 22.8 Å². The molecule has 0 aliphatic rings. The van der Waals surface area contributed by atoms with E-state index in [-0.39, 0.29) is 5.92 Å². The number of para-hydroxylation sites is 1. The molecule has 1 aromatic carbocycles. The molecule has 106 valence electrons. The van der Waals surface area contributed by atoms with E-state index >= 15 is 0 Å². The van der Waals surface area contributed by atoms with Gasteiger partial charge in [0.15, 0.2) is 0 Å². The molecule has 0 aliphatic heterocycles. The van der Waals surface area contributed by atoms with Gasteiger partial charge >= 0.3 is 5.97 Å². The zero-order valence-electron chi connectivity index (χ0n) is 11.4. The van der Waals surface area contributed by atoms with Crippen LogP contribution in [0.2, 0.25) is 0 Å². The van der Waals surface area contributed by atoms with Gasteiger partial charge in [-0.3, -0.25) is 9.89 Å². The molecule has 0 aliphatic carbocycles. The van der Waals surface area contributed by atoms with E-state index in [0.29, 0.717) is 17.5 Å². The van der Waals surface area contributed by atoms with Crippen molar-refractivity contribution in [3.8, 4) is 0 Å². The maximum Gasteiger partial charge on any atom is 0.326 e. The number of carbonyl (C=O) groups is 2. The van der Waals surface area contributed by atoms with E-state index in [0.717, 1.165) is 5.39 Å². The normalized spacial score (nSPS) is 12.6. The van der Waals surface area contributed by atoms with Crippen LogP contribution in [-0.4, -0.2) is 33.2 Å². The molecule has 20 heavy (non-hydrogen) atoms. The summed E-state index contributed by atoms with van der Waals surface area (Å²) in [6.07, 6.45) is 2.01. The van der Waals surface area contributed by atoms with E-state index in [1.54, 1.807) is 18.3 Å². The molecule has 6 heteroatoms. The predicted octanol–water partition coefficient (Wildman–Crippen LogP) is 1.79. The number of nitrogens with one attached hydrogen (secondary N) is 2. The summed E-state index contributed by atoms with van der Waals surface area (Å²) in [4.78, 5) is 23.4. The minimum absolute atomic E-state index is 0.180. The molecular weight excluding hydrogens is 258 g/mol. The van der Waals surface area contributed by atoms with Crippen LogP contribution < -0.4 is 5.32 Å². The molecule has 1 atom stereocenters. The Morgan fingerprint density at radius 1 is 1.40 bits per heavy atom. The number of aliphatic carboxylic acids is 1. The van der Waals surface area contributed by atoms with Gasteiger partial charge in [-0.05, 0) is 18.4 Å². The van der Waals surface area contributed by atoms with Crippen LogP contribution >= 0.6 is 0 Å². The number of carbonyl (C=O) groups excluding carboxylic acids is 1. The Morgan fingerprint density at radius 3 is 2.80 bits per heavy atom. The fourth-order valence-corrected chi connectivity index (χ4v) is 2.09. The standard InChI is InChI=1S/C14H17N3O3/c1-8(2)6-11(14(19)20)16-13(18)10-5-3-4-9-7-15-17-12(9)10/h3-5,7-8,11H,6H2,1-2H3,(H,15,17)(H,16,18)(H,19,20). The average Bonchev–Trinajstić information content (AvgIpc) is 2.84. The Morgan fingerprint density at radius 2 is 2.15 bits per heavy atom. The number of carboxylic acids is 1. The highest BCUT2D eigenvalue weighted by molar-refractivity contribution is 6.06. The van der Waals surface area contributed by atoms with Gasteiger partial charge in [0.25, 0.3) is 5.91 Å². The number of aromatic amines is 1. The van der Waals surface area contributed by atoms with Crippen molar-refractivity contribution in [3.63, 3.8) is 0 Å². The van der Waals surface area contributed by atoms with Crippen LogP contribution in [0, 0.1) is 5.92 Å². The van der Waals surface area contributed by atoms with E-state index < -0.39 is 17.9 Å². The van der Waals surface area contributed by atoms with Crippen LogP contribution in [0.5, 0.6) is 0 Å².